The fraction of sp³-hybridized carbons (Fsp3) is 0.362. The smallest absolute Gasteiger partial charge is 0.250 e. The van der Waals surface area contributed by atoms with Gasteiger partial charge in [0, 0.05) is 17.4 Å². The third-order valence-electron chi connectivity index (χ3n) is 13.7. The average molecular weight is 923 g/mol. The quantitative estimate of drug-likeness (QED) is 0.0726. The summed E-state index contributed by atoms with van der Waals surface area (Å²) in [6.45, 7) is 27.0. The SMILES string of the molecule is CCC(C(=O)c1ccc(O[Si](C)(C)C(C)(C)C)cc1)c1ccccc1.CCC(c1ccccc1)C(O)(c1ccc(OCc2ccc(OC)cc2)cc1)c1ccc(O[Si](C)(C)C(C)(C)C)cc1. The van der Waals surface area contributed by atoms with Crippen molar-refractivity contribution >= 4 is 22.4 Å². The second-order valence-corrected chi connectivity index (χ2v) is 29.8. The summed E-state index contributed by atoms with van der Waals surface area (Å²) in [6.07, 6.45) is 1.56. The number of hydrogen-bond donors (Lipinski definition) is 1. The van der Waals surface area contributed by atoms with E-state index in [1.807, 2.05) is 146 Å². The Morgan fingerprint density at radius 3 is 1.35 bits per heavy atom. The summed E-state index contributed by atoms with van der Waals surface area (Å²) in [5, 5.41) is 12.9. The van der Waals surface area contributed by atoms with Gasteiger partial charge in [-0.1, -0.05) is 152 Å². The highest BCUT2D eigenvalue weighted by Gasteiger charge is 2.42. The lowest BCUT2D eigenvalue weighted by Gasteiger charge is -2.38. The Hall–Kier alpha value is -5.42. The lowest BCUT2D eigenvalue weighted by atomic mass is 9.72. The second kappa shape index (κ2) is 21.9. The van der Waals surface area contributed by atoms with Crippen LogP contribution in [-0.2, 0) is 12.2 Å². The van der Waals surface area contributed by atoms with Crippen molar-refractivity contribution in [3.63, 3.8) is 0 Å². The molecule has 0 fully saturated rings. The molecule has 0 radical (unpaired) electrons. The van der Waals surface area contributed by atoms with Crippen LogP contribution in [0.3, 0.4) is 0 Å². The number of aliphatic hydroxyl groups is 1. The minimum Gasteiger partial charge on any atom is -0.544 e. The number of methoxy groups -OCH3 is 1. The predicted molar refractivity (Wildman–Crippen MR) is 279 cm³/mol. The van der Waals surface area contributed by atoms with Crippen molar-refractivity contribution in [2.45, 2.75) is 129 Å². The minimum absolute atomic E-state index is 0.0895. The molecule has 350 valence electrons. The molecule has 6 nitrogen and oxygen atoms in total. The molecule has 3 atom stereocenters. The fourth-order valence-corrected chi connectivity index (χ4v) is 9.60. The standard InChI is InChI=1S/C36H44O4Si.C22H30O2Si/c1-8-34(28-12-10-9-11-13-28)36(37,30-18-24-33(25-19-30)40-41(6,7)35(2,3)4)29-16-22-32(23-17-29)39-26-27-14-20-31(38-5)21-15-27;1-7-20(17-11-9-8-10-12-17)21(23)18-13-15-19(16-14-18)24-25(5,6)22(2,3)4/h9-25,34,37H,8,26H2,1-7H3;8-16,20H,7H2,1-6H3. The summed E-state index contributed by atoms with van der Waals surface area (Å²) in [7, 11) is -2.18. The number of carbonyl (C=O) groups excluding carboxylic acids is 1. The molecule has 6 rings (SSSR count). The van der Waals surface area contributed by atoms with E-state index in [4.69, 9.17) is 18.3 Å². The molecule has 0 aliphatic carbocycles. The molecular formula is C58H74O6Si2. The van der Waals surface area contributed by atoms with Crippen LogP contribution >= 0.6 is 0 Å². The maximum Gasteiger partial charge on any atom is 0.250 e. The highest BCUT2D eigenvalue weighted by molar-refractivity contribution is 6.75. The molecule has 6 aromatic rings. The maximum absolute atomic E-state index is 12.9. The van der Waals surface area contributed by atoms with Crippen LogP contribution in [-0.4, -0.2) is 34.6 Å². The van der Waals surface area contributed by atoms with Gasteiger partial charge in [-0.25, -0.2) is 0 Å². The third kappa shape index (κ3) is 12.7. The number of carbonyl (C=O) groups is 1. The van der Waals surface area contributed by atoms with Gasteiger partial charge in [0.25, 0.3) is 0 Å². The van der Waals surface area contributed by atoms with Crippen LogP contribution in [0.2, 0.25) is 36.3 Å². The van der Waals surface area contributed by atoms with Gasteiger partial charge in [-0.3, -0.25) is 4.79 Å². The zero-order chi connectivity index (χ0) is 48.3. The molecule has 6 aromatic carbocycles. The fourth-order valence-electron chi connectivity index (χ4n) is 7.54. The van der Waals surface area contributed by atoms with Crippen LogP contribution in [0.4, 0.5) is 0 Å². The van der Waals surface area contributed by atoms with Gasteiger partial charge in [-0.15, -0.1) is 0 Å². The summed E-state index contributed by atoms with van der Waals surface area (Å²) in [5.74, 6) is 3.20. The van der Waals surface area contributed by atoms with Crippen LogP contribution in [0, 0.1) is 0 Å². The van der Waals surface area contributed by atoms with Crippen molar-refractivity contribution in [1.82, 2.24) is 0 Å². The Kier molecular flexibility index (Phi) is 17.1. The summed E-state index contributed by atoms with van der Waals surface area (Å²) in [5.41, 5.74) is 4.39. The molecule has 0 heterocycles. The maximum atomic E-state index is 12.9. The van der Waals surface area contributed by atoms with Gasteiger partial charge in [-0.05, 0) is 138 Å². The number of ketones is 1. The molecule has 1 N–H and O–H groups in total. The summed E-state index contributed by atoms with van der Waals surface area (Å²) in [6, 6.07) is 51.7. The van der Waals surface area contributed by atoms with Crippen LogP contribution in [0.15, 0.2) is 158 Å². The molecule has 0 amide bonds. The normalized spacial score (nSPS) is 13.8. The van der Waals surface area contributed by atoms with Gasteiger partial charge in [0.05, 0.1) is 7.11 Å². The summed E-state index contributed by atoms with van der Waals surface area (Å²) >= 11 is 0. The Morgan fingerprint density at radius 1 is 0.530 bits per heavy atom. The van der Waals surface area contributed by atoms with E-state index >= 15 is 0 Å². The molecule has 0 aliphatic heterocycles. The largest absolute Gasteiger partial charge is 0.544 e. The lowest BCUT2D eigenvalue weighted by Crippen LogP contribution is -2.43. The molecular weight excluding hydrogens is 849 g/mol. The van der Waals surface area contributed by atoms with E-state index in [2.05, 4.69) is 93.7 Å². The van der Waals surface area contributed by atoms with Crippen molar-refractivity contribution in [3.8, 4) is 23.0 Å². The van der Waals surface area contributed by atoms with Crippen molar-refractivity contribution in [1.29, 1.82) is 0 Å². The van der Waals surface area contributed by atoms with Gasteiger partial charge in [0.15, 0.2) is 5.78 Å². The number of benzene rings is 6. The van der Waals surface area contributed by atoms with Gasteiger partial charge in [0.1, 0.15) is 35.2 Å². The zero-order valence-corrected chi connectivity index (χ0v) is 43.8. The first-order valence-corrected chi connectivity index (χ1v) is 29.3. The monoisotopic (exact) mass is 923 g/mol. The molecule has 8 heteroatoms. The van der Waals surface area contributed by atoms with E-state index in [0.717, 1.165) is 69.2 Å². The van der Waals surface area contributed by atoms with Crippen molar-refractivity contribution < 1.29 is 28.2 Å². The number of hydrogen-bond acceptors (Lipinski definition) is 6. The van der Waals surface area contributed by atoms with E-state index in [9.17, 15) is 9.90 Å². The van der Waals surface area contributed by atoms with Gasteiger partial charge in [-0.2, -0.15) is 0 Å². The van der Waals surface area contributed by atoms with Crippen LogP contribution in [0.25, 0.3) is 0 Å². The Labute approximate surface area is 398 Å². The molecule has 0 saturated heterocycles. The zero-order valence-electron chi connectivity index (χ0n) is 41.8. The van der Waals surface area contributed by atoms with E-state index in [-0.39, 0.29) is 27.7 Å². The molecule has 66 heavy (non-hydrogen) atoms. The average Bonchev–Trinajstić information content (AvgIpc) is 3.29. The molecule has 0 bridgehead atoms. The molecule has 0 saturated carbocycles. The molecule has 0 aliphatic rings. The van der Waals surface area contributed by atoms with E-state index in [0.29, 0.717) is 6.61 Å². The Balaban J connectivity index is 0.000000279. The number of ether oxygens (including phenoxy) is 2. The lowest BCUT2D eigenvalue weighted by molar-refractivity contribution is 0.0476. The molecule has 0 aromatic heterocycles. The summed E-state index contributed by atoms with van der Waals surface area (Å²) in [4.78, 5) is 12.9. The molecule has 3 unspecified atom stereocenters. The van der Waals surface area contributed by atoms with Crippen LogP contribution < -0.4 is 18.3 Å². The van der Waals surface area contributed by atoms with Crippen molar-refractivity contribution in [3.05, 3.63) is 191 Å². The van der Waals surface area contributed by atoms with Gasteiger partial charge >= 0.3 is 0 Å². The van der Waals surface area contributed by atoms with Crippen LogP contribution in [0.5, 0.6) is 23.0 Å². The first-order valence-electron chi connectivity index (χ1n) is 23.4. The van der Waals surface area contributed by atoms with E-state index in [1.54, 1.807) is 7.11 Å². The van der Waals surface area contributed by atoms with Crippen molar-refractivity contribution in [2.75, 3.05) is 7.11 Å². The van der Waals surface area contributed by atoms with Crippen molar-refractivity contribution in [2.24, 2.45) is 0 Å². The topological polar surface area (TPSA) is 74.2 Å². The third-order valence-corrected chi connectivity index (χ3v) is 22.4. The first kappa shape index (κ1) is 51.6. The summed E-state index contributed by atoms with van der Waals surface area (Å²) < 4.78 is 24.1. The first-order chi connectivity index (χ1) is 31.1. The van der Waals surface area contributed by atoms with Gasteiger partial charge < -0.3 is 23.4 Å². The van der Waals surface area contributed by atoms with E-state index in [1.165, 1.54) is 0 Å². The Bertz CT molecular complexity index is 2400. The number of Topliss-reactive ketones (excluding diaryl/α,β-unsaturated/α-hetero) is 1. The second-order valence-electron chi connectivity index (χ2n) is 20.3. The predicted octanol–water partition coefficient (Wildman–Crippen LogP) is 15.5. The Morgan fingerprint density at radius 2 is 0.939 bits per heavy atom. The number of rotatable bonds is 17. The van der Waals surface area contributed by atoms with Crippen LogP contribution in [0.1, 0.15) is 118 Å². The highest BCUT2D eigenvalue weighted by atomic mass is 28.4. The molecule has 0 spiro atoms. The highest BCUT2D eigenvalue weighted by Crippen LogP contribution is 2.46. The van der Waals surface area contributed by atoms with E-state index < -0.39 is 22.2 Å². The minimum atomic E-state index is -1.98. The van der Waals surface area contributed by atoms with Gasteiger partial charge in [0.2, 0.25) is 16.6 Å².